The summed E-state index contributed by atoms with van der Waals surface area (Å²) >= 11 is 0. The number of carbonyl (C=O) groups excluding carboxylic acids is 2. The molecule has 0 unspecified atom stereocenters. The maximum Gasteiger partial charge on any atom is 0.227 e. The molecule has 2 aliphatic heterocycles. The Morgan fingerprint density at radius 2 is 0.925 bits per heavy atom. The zero-order chi connectivity index (χ0) is 38.6. The predicted molar refractivity (Wildman–Crippen MR) is 185 cm³/mol. The number of hydrogen-bond acceptors (Lipinski definition) is 6. The first-order valence-electron chi connectivity index (χ1n) is 16.1. The number of amides is 2. The lowest BCUT2D eigenvalue weighted by Crippen LogP contribution is -2.30. The lowest BCUT2D eigenvalue weighted by Gasteiger charge is -2.30. The van der Waals surface area contributed by atoms with Crippen LogP contribution in [0.25, 0.3) is 22.5 Å². The van der Waals surface area contributed by atoms with Crippen LogP contribution in [0, 0.1) is 34.9 Å². The van der Waals surface area contributed by atoms with Crippen molar-refractivity contribution in [1.82, 2.24) is 10.2 Å². The number of ether oxygens (including phenoxy) is 4. The van der Waals surface area contributed by atoms with Crippen molar-refractivity contribution in [3.05, 3.63) is 118 Å². The molecule has 0 radical (unpaired) electrons. The van der Waals surface area contributed by atoms with E-state index in [-0.39, 0.29) is 48.9 Å². The van der Waals surface area contributed by atoms with E-state index in [1.165, 1.54) is 40.4 Å². The monoisotopic (exact) mass is 740 g/mol. The molecule has 0 fully saturated rings. The molecular formula is C39H34F6N2O6. The van der Waals surface area contributed by atoms with E-state index in [0.29, 0.717) is 69.5 Å². The number of halogens is 6. The van der Waals surface area contributed by atoms with Crippen LogP contribution in [-0.4, -0.2) is 52.2 Å². The van der Waals surface area contributed by atoms with Gasteiger partial charge in [0.05, 0.1) is 51.0 Å². The summed E-state index contributed by atoms with van der Waals surface area (Å²) in [5, 5.41) is 2.51. The minimum Gasteiger partial charge on any atom is -0.497 e. The first kappa shape index (κ1) is 38.3. The Labute approximate surface area is 301 Å². The van der Waals surface area contributed by atoms with E-state index < -0.39 is 46.0 Å². The third-order valence-electron chi connectivity index (χ3n) is 8.65. The van der Waals surface area contributed by atoms with Gasteiger partial charge in [-0.3, -0.25) is 9.59 Å². The largest absolute Gasteiger partial charge is 0.497 e. The molecule has 4 aromatic carbocycles. The van der Waals surface area contributed by atoms with Crippen molar-refractivity contribution >= 4 is 34.4 Å². The number of carbonyl (C=O) groups is 2. The smallest absolute Gasteiger partial charge is 0.227 e. The molecule has 0 saturated carbocycles. The number of nitrogens with zero attached hydrogens (tertiary/aromatic N) is 1. The fourth-order valence-corrected chi connectivity index (χ4v) is 6.10. The van der Waals surface area contributed by atoms with Gasteiger partial charge in [-0.1, -0.05) is 0 Å². The summed E-state index contributed by atoms with van der Waals surface area (Å²) < 4.78 is 105. The van der Waals surface area contributed by atoms with Gasteiger partial charge in [0.2, 0.25) is 11.8 Å². The van der Waals surface area contributed by atoms with Crippen LogP contribution in [0.4, 0.5) is 26.3 Å². The van der Waals surface area contributed by atoms with Crippen LogP contribution in [-0.2, 0) is 9.59 Å². The molecule has 278 valence electrons. The lowest BCUT2D eigenvalue weighted by molar-refractivity contribution is -0.127. The van der Waals surface area contributed by atoms with Crippen LogP contribution >= 0.6 is 0 Å². The molecule has 2 amide bonds. The van der Waals surface area contributed by atoms with Gasteiger partial charge in [-0.05, 0) is 59.4 Å². The lowest BCUT2D eigenvalue weighted by atomic mass is 9.91. The van der Waals surface area contributed by atoms with Gasteiger partial charge >= 0.3 is 0 Å². The van der Waals surface area contributed by atoms with Crippen molar-refractivity contribution in [3.8, 4) is 23.0 Å². The van der Waals surface area contributed by atoms with Crippen molar-refractivity contribution in [1.29, 1.82) is 0 Å². The highest BCUT2D eigenvalue weighted by Crippen LogP contribution is 2.41. The SMILES string of the molecule is COc1cc(OC)cc(C2=C(c3c(F)cc(F)cc3F)N(C)C(=O)CC2)c1.COc1cc(OC)cc(C2=C(c3c(F)cc(F)cc3F)NC(=O)CC2)c1. The standard InChI is InChI=1S/C20H18F3NO3.C19H16F3NO3/c1-24-18(25)5-4-15(11-6-13(26-2)10-14(7-11)27-3)20(24)19-16(22)8-12(21)9-17(19)23;1-25-12-5-10(6-13(9-12)26-2)14-3-4-17(24)23-19(14)18-15(21)7-11(20)8-16(18)22/h6-10H,4-5H2,1-3H3;5-9H,3-4H2,1-2H3,(H,23,24). The fraction of sp³-hybridized carbons (Fsp3) is 0.231. The summed E-state index contributed by atoms with van der Waals surface area (Å²) in [7, 11) is 7.38. The van der Waals surface area contributed by atoms with Gasteiger partial charge in [0.1, 0.15) is 57.9 Å². The summed E-state index contributed by atoms with van der Waals surface area (Å²) in [6.07, 6.45) is 0.862. The molecule has 4 aromatic rings. The number of benzene rings is 4. The first-order chi connectivity index (χ1) is 25.3. The van der Waals surface area contributed by atoms with Crippen LogP contribution in [0.5, 0.6) is 23.0 Å². The molecule has 14 heteroatoms. The Morgan fingerprint density at radius 3 is 1.36 bits per heavy atom. The second kappa shape index (κ2) is 16.2. The van der Waals surface area contributed by atoms with Gasteiger partial charge in [0, 0.05) is 56.3 Å². The molecule has 0 aliphatic carbocycles. The molecule has 0 atom stereocenters. The topological polar surface area (TPSA) is 86.3 Å². The van der Waals surface area contributed by atoms with Crippen LogP contribution in [0.1, 0.15) is 47.9 Å². The number of allylic oxidation sites excluding steroid dienone is 2. The van der Waals surface area contributed by atoms with Crippen LogP contribution < -0.4 is 24.3 Å². The van der Waals surface area contributed by atoms with E-state index in [1.807, 2.05) is 0 Å². The summed E-state index contributed by atoms with van der Waals surface area (Å²) in [6, 6.07) is 12.4. The van der Waals surface area contributed by atoms with Gasteiger partial charge in [-0.15, -0.1) is 0 Å². The van der Waals surface area contributed by atoms with Crippen molar-refractivity contribution in [2.45, 2.75) is 25.7 Å². The Hall–Kier alpha value is -5.92. The highest BCUT2D eigenvalue weighted by Gasteiger charge is 2.31. The second-order valence-corrected chi connectivity index (χ2v) is 11.9. The molecule has 53 heavy (non-hydrogen) atoms. The number of methoxy groups -OCH3 is 4. The van der Waals surface area contributed by atoms with Gasteiger partial charge in [0.15, 0.2) is 0 Å². The van der Waals surface area contributed by atoms with Crippen LogP contribution in [0.15, 0.2) is 60.7 Å². The highest BCUT2D eigenvalue weighted by atomic mass is 19.2. The van der Waals surface area contributed by atoms with Gasteiger partial charge in [0.25, 0.3) is 0 Å². The zero-order valence-corrected chi connectivity index (χ0v) is 29.3. The van der Waals surface area contributed by atoms with Crippen molar-refractivity contribution in [2.75, 3.05) is 35.5 Å². The normalized spacial score (nSPS) is 14.4. The molecule has 2 heterocycles. The summed E-state index contributed by atoms with van der Waals surface area (Å²) in [6.45, 7) is 0. The van der Waals surface area contributed by atoms with Gasteiger partial charge < -0.3 is 29.2 Å². The summed E-state index contributed by atoms with van der Waals surface area (Å²) in [4.78, 5) is 25.3. The van der Waals surface area contributed by atoms with E-state index in [4.69, 9.17) is 18.9 Å². The average Bonchev–Trinajstić information content (AvgIpc) is 3.12. The molecule has 8 nitrogen and oxygen atoms in total. The average molecular weight is 741 g/mol. The number of nitrogens with one attached hydrogen (secondary N) is 1. The quantitative estimate of drug-likeness (QED) is 0.184. The van der Waals surface area contributed by atoms with E-state index in [2.05, 4.69) is 5.32 Å². The third kappa shape index (κ3) is 8.27. The van der Waals surface area contributed by atoms with E-state index in [0.717, 1.165) is 0 Å². The van der Waals surface area contributed by atoms with Crippen molar-refractivity contribution in [3.63, 3.8) is 0 Å². The Morgan fingerprint density at radius 1 is 0.528 bits per heavy atom. The second-order valence-electron chi connectivity index (χ2n) is 11.9. The first-order valence-corrected chi connectivity index (χ1v) is 16.1. The molecule has 2 aliphatic rings. The molecule has 0 spiro atoms. The Bertz CT molecular complexity index is 2060. The number of rotatable bonds is 8. The van der Waals surface area contributed by atoms with Crippen LogP contribution in [0.2, 0.25) is 0 Å². The minimum absolute atomic E-state index is 0.0217. The third-order valence-corrected chi connectivity index (χ3v) is 8.65. The molecule has 0 saturated heterocycles. The molecule has 0 aromatic heterocycles. The molecule has 0 bridgehead atoms. The highest BCUT2D eigenvalue weighted by molar-refractivity contribution is 6.02. The van der Waals surface area contributed by atoms with Crippen LogP contribution in [0.3, 0.4) is 0 Å². The van der Waals surface area contributed by atoms with E-state index >= 15 is 0 Å². The maximum atomic E-state index is 14.5. The van der Waals surface area contributed by atoms with Gasteiger partial charge in [-0.2, -0.15) is 0 Å². The van der Waals surface area contributed by atoms with Crippen molar-refractivity contribution < 1.29 is 54.9 Å². The summed E-state index contributed by atoms with van der Waals surface area (Å²) in [5.74, 6) is -5.07. The fourth-order valence-electron chi connectivity index (χ4n) is 6.10. The molecular weight excluding hydrogens is 706 g/mol. The summed E-state index contributed by atoms with van der Waals surface area (Å²) in [5.41, 5.74) is 1.36. The Kier molecular flexibility index (Phi) is 11.7. The Balaban J connectivity index is 0.000000204. The van der Waals surface area contributed by atoms with E-state index in [1.54, 1.807) is 36.4 Å². The molecule has 6 rings (SSSR count). The predicted octanol–water partition coefficient (Wildman–Crippen LogP) is 8.14. The maximum absolute atomic E-state index is 14.5. The number of hydrogen-bond donors (Lipinski definition) is 1. The van der Waals surface area contributed by atoms with Crippen molar-refractivity contribution in [2.24, 2.45) is 0 Å². The van der Waals surface area contributed by atoms with E-state index in [9.17, 15) is 35.9 Å². The zero-order valence-electron chi connectivity index (χ0n) is 29.3. The van der Waals surface area contributed by atoms with Gasteiger partial charge in [-0.25, -0.2) is 26.3 Å². The molecule has 1 N–H and O–H groups in total. The minimum atomic E-state index is -1.09.